The largest absolute Gasteiger partial charge is 0.462 e. The molecular weight excluding hydrogens is 373 g/mol. The molecule has 3 aromatic rings. The Bertz CT molecular complexity index is 906. The van der Waals surface area contributed by atoms with Crippen LogP contribution < -0.4 is 4.90 Å². The van der Waals surface area contributed by atoms with E-state index in [2.05, 4.69) is 9.97 Å². The van der Waals surface area contributed by atoms with Crippen LogP contribution in [0.2, 0.25) is 0 Å². The molecule has 0 N–H and O–H groups in total. The molecule has 0 saturated heterocycles. The molecule has 0 atom stereocenters. The number of anilines is 1. The maximum absolute atomic E-state index is 13.0. The summed E-state index contributed by atoms with van der Waals surface area (Å²) in [5, 5.41) is 3.56. The van der Waals surface area contributed by atoms with Gasteiger partial charge in [-0.15, -0.1) is 11.3 Å². The Kier molecular flexibility index (Phi) is 5.63. The molecule has 0 bridgehead atoms. The zero-order chi connectivity index (χ0) is 18.7. The molecule has 3 rings (SSSR count). The average Bonchev–Trinajstić information content (AvgIpc) is 3.22. The normalized spacial score (nSPS) is 10.8. The molecule has 0 aliphatic heterocycles. The number of benzene rings is 1. The predicted octanol–water partition coefficient (Wildman–Crippen LogP) is 4.53. The Morgan fingerprint density at radius 1 is 1.27 bits per heavy atom. The van der Waals surface area contributed by atoms with Crippen LogP contribution in [0.25, 0.3) is 10.6 Å². The number of esters is 1. The van der Waals surface area contributed by atoms with Crippen molar-refractivity contribution in [1.29, 1.82) is 0 Å². The number of hydrogen-bond acceptors (Lipinski definition) is 7. The molecule has 0 amide bonds. The summed E-state index contributed by atoms with van der Waals surface area (Å²) < 4.78 is 18.1. The highest BCUT2D eigenvalue weighted by molar-refractivity contribution is 7.17. The Labute approximate surface area is 159 Å². The number of rotatable bonds is 6. The lowest BCUT2D eigenvalue weighted by Crippen LogP contribution is -2.16. The van der Waals surface area contributed by atoms with Gasteiger partial charge in [-0.3, -0.25) is 0 Å². The summed E-state index contributed by atoms with van der Waals surface area (Å²) in [7, 11) is 1.91. The van der Waals surface area contributed by atoms with E-state index in [1.54, 1.807) is 26.0 Å². The summed E-state index contributed by atoms with van der Waals surface area (Å²) in [6, 6.07) is 6.30. The second-order valence-corrected chi connectivity index (χ2v) is 7.47. The van der Waals surface area contributed by atoms with Crippen molar-refractivity contribution in [2.24, 2.45) is 0 Å². The van der Waals surface area contributed by atoms with E-state index in [-0.39, 0.29) is 11.8 Å². The van der Waals surface area contributed by atoms with Gasteiger partial charge in [0.05, 0.1) is 24.5 Å². The van der Waals surface area contributed by atoms with Gasteiger partial charge in [0.25, 0.3) is 0 Å². The fourth-order valence-corrected chi connectivity index (χ4v) is 4.08. The van der Waals surface area contributed by atoms with Crippen molar-refractivity contribution >= 4 is 33.8 Å². The molecule has 0 spiro atoms. The van der Waals surface area contributed by atoms with Gasteiger partial charge in [-0.05, 0) is 38.1 Å². The molecule has 0 aliphatic carbocycles. The average molecular weight is 391 g/mol. The molecule has 8 heteroatoms. The minimum absolute atomic E-state index is 0.262. The van der Waals surface area contributed by atoms with Crippen molar-refractivity contribution in [3.05, 3.63) is 51.7 Å². The number of carbonyl (C=O) groups is 1. The number of halogens is 1. The minimum Gasteiger partial charge on any atom is -0.462 e. The van der Waals surface area contributed by atoms with E-state index in [4.69, 9.17) is 4.74 Å². The van der Waals surface area contributed by atoms with Crippen molar-refractivity contribution in [2.45, 2.75) is 20.4 Å². The Balaban J connectivity index is 1.72. The minimum atomic E-state index is -0.339. The number of hydrogen-bond donors (Lipinski definition) is 0. The maximum Gasteiger partial charge on any atom is 0.350 e. The van der Waals surface area contributed by atoms with Crippen LogP contribution in [-0.4, -0.2) is 29.6 Å². The van der Waals surface area contributed by atoms with Gasteiger partial charge in [0.1, 0.15) is 15.7 Å². The summed E-state index contributed by atoms with van der Waals surface area (Å²) in [6.07, 6.45) is 0. The molecule has 0 radical (unpaired) electrons. The van der Waals surface area contributed by atoms with Crippen LogP contribution in [0.4, 0.5) is 9.52 Å². The predicted molar refractivity (Wildman–Crippen MR) is 102 cm³/mol. The zero-order valence-corrected chi connectivity index (χ0v) is 16.3. The lowest BCUT2D eigenvalue weighted by Gasteiger charge is -2.13. The van der Waals surface area contributed by atoms with E-state index in [0.717, 1.165) is 21.4 Å². The third kappa shape index (κ3) is 4.08. The first-order chi connectivity index (χ1) is 12.5. The molecular formula is C18H18FN3O2S2. The quantitative estimate of drug-likeness (QED) is 0.578. The van der Waals surface area contributed by atoms with E-state index < -0.39 is 0 Å². The molecule has 0 aliphatic rings. The number of carbonyl (C=O) groups excluding carboxylic acids is 1. The van der Waals surface area contributed by atoms with Crippen molar-refractivity contribution in [2.75, 3.05) is 18.6 Å². The second-order valence-electron chi connectivity index (χ2n) is 5.64. The van der Waals surface area contributed by atoms with Crippen molar-refractivity contribution in [3.63, 3.8) is 0 Å². The fraction of sp³-hybridized carbons (Fsp3) is 0.278. The van der Waals surface area contributed by atoms with Crippen LogP contribution in [0.1, 0.15) is 28.0 Å². The molecule has 2 aromatic heterocycles. The third-order valence-electron chi connectivity index (χ3n) is 3.61. The molecule has 1 aromatic carbocycles. The highest BCUT2D eigenvalue weighted by Gasteiger charge is 2.19. The first-order valence-electron chi connectivity index (χ1n) is 8.04. The number of thiazole rings is 2. The molecule has 0 unspecified atom stereocenters. The Hall–Kier alpha value is -2.32. The molecule has 0 fully saturated rings. The number of nitrogens with zero attached hydrogens (tertiary/aromatic N) is 3. The van der Waals surface area contributed by atoms with E-state index in [1.165, 1.54) is 34.8 Å². The smallest absolute Gasteiger partial charge is 0.350 e. The highest BCUT2D eigenvalue weighted by Crippen LogP contribution is 2.28. The van der Waals surface area contributed by atoms with Crippen LogP contribution in [0, 0.1) is 12.7 Å². The summed E-state index contributed by atoms with van der Waals surface area (Å²) >= 11 is 2.83. The molecule has 0 saturated carbocycles. The van der Waals surface area contributed by atoms with Gasteiger partial charge < -0.3 is 9.64 Å². The Morgan fingerprint density at radius 2 is 2.00 bits per heavy atom. The van der Waals surface area contributed by atoms with Gasteiger partial charge in [0.2, 0.25) is 0 Å². The summed E-state index contributed by atoms with van der Waals surface area (Å²) in [5.41, 5.74) is 2.45. The zero-order valence-electron chi connectivity index (χ0n) is 14.7. The number of aryl methyl sites for hydroxylation is 1. The maximum atomic E-state index is 13.0. The lowest BCUT2D eigenvalue weighted by molar-refractivity contribution is 0.0531. The van der Waals surface area contributed by atoms with Gasteiger partial charge in [0.15, 0.2) is 5.13 Å². The molecule has 136 valence electrons. The first-order valence-corrected chi connectivity index (χ1v) is 9.73. The van der Waals surface area contributed by atoms with E-state index in [9.17, 15) is 9.18 Å². The van der Waals surface area contributed by atoms with Crippen LogP contribution >= 0.6 is 22.7 Å². The van der Waals surface area contributed by atoms with Crippen LogP contribution in [0.3, 0.4) is 0 Å². The Morgan fingerprint density at radius 3 is 2.69 bits per heavy atom. The van der Waals surface area contributed by atoms with Gasteiger partial charge in [0, 0.05) is 18.0 Å². The molecule has 26 heavy (non-hydrogen) atoms. The standard InChI is InChI=1S/C18H18FN3O2S2/c1-4-24-17(23)15-11(2)20-18(26-15)22(3)9-14-10-25-16(21-14)12-5-7-13(19)8-6-12/h5-8,10H,4,9H2,1-3H3. The van der Waals surface area contributed by atoms with Gasteiger partial charge in [-0.1, -0.05) is 11.3 Å². The van der Waals surface area contributed by atoms with E-state index in [0.29, 0.717) is 23.7 Å². The SMILES string of the molecule is CCOC(=O)c1sc(N(C)Cc2csc(-c3ccc(F)cc3)n2)nc1C. The molecule has 5 nitrogen and oxygen atoms in total. The van der Waals surface area contributed by atoms with Crippen LogP contribution in [-0.2, 0) is 11.3 Å². The first kappa shape index (κ1) is 18.5. The fourth-order valence-electron chi connectivity index (χ4n) is 2.35. The van der Waals surface area contributed by atoms with Crippen molar-refractivity contribution < 1.29 is 13.9 Å². The van der Waals surface area contributed by atoms with Crippen molar-refractivity contribution in [3.8, 4) is 10.6 Å². The van der Waals surface area contributed by atoms with E-state index in [1.807, 2.05) is 17.3 Å². The summed E-state index contributed by atoms with van der Waals surface area (Å²) in [4.78, 5) is 23.5. The van der Waals surface area contributed by atoms with Crippen LogP contribution in [0.15, 0.2) is 29.6 Å². The van der Waals surface area contributed by atoms with Crippen molar-refractivity contribution in [1.82, 2.24) is 9.97 Å². The van der Waals surface area contributed by atoms with Gasteiger partial charge in [-0.2, -0.15) is 0 Å². The monoisotopic (exact) mass is 391 g/mol. The van der Waals surface area contributed by atoms with Gasteiger partial charge >= 0.3 is 5.97 Å². The number of aromatic nitrogens is 2. The summed E-state index contributed by atoms with van der Waals surface area (Å²) in [5.74, 6) is -0.601. The lowest BCUT2D eigenvalue weighted by atomic mass is 10.2. The van der Waals surface area contributed by atoms with E-state index >= 15 is 0 Å². The van der Waals surface area contributed by atoms with Crippen LogP contribution in [0.5, 0.6) is 0 Å². The van der Waals surface area contributed by atoms with Gasteiger partial charge in [-0.25, -0.2) is 19.2 Å². The second kappa shape index (κ2) is 7.92. The number of ether oxygens (including phenoxy) is 1. The topological polar surface area (TPSA) is 55.3 Å². The third-order valence-corrected chi connectivity index (χ3v) is 5.81. The molecule has 2 heterocycles. The summed E-state index contributed by atoms with van der Waals surface area (Å²) in [6.45, 7) is 4.48. The highest BCUT2D eigenvalue weighted by atomic mass is 32.1.